The van der Waals surface area contributed by atoms with Crippen molar-refractivity contribution in [3.8, 4) is 0 Å². The summed E-state index contributed by atoms with van der Waals surface area (Å²) in [5, 5.41) is 0. The third kappa shape index (κ3) is 65.7. The number of hydrogen-bond donors (Lipinski definition) is 0. The Morgan fingerprint density at radius 3 is 0.725 bits per heavy atom. The number of carbonyl (C=O) groups is 3. The number of hydrogen-bond acceptors (Lipinski definition) is 6. The number of allylic oxidation sites excluding steroid dienone is 12. The Morgan fingerprint density at radius 1 is 0.250 bits per heavy atom. The van der Waals surface area contributed by atoms with Crippen LogP contribution in [0.4, 0.5) is 0 Å². The molecule has 0 aliphatic rings. The van der Waals surface area contributed by atoms with Gasteiger partial charge in [0.05, 0.1) is 0 Å². The lowest BCUT2D eigenvalue weighted by atomic mass is 10.0. The highest BCUT2D eigenvalue weighted by atomic mass is 16.6. The quantitative estimate of drug-likeness (QED) is 0.0261. The normalized spacial score (nSPS) is 12.5. The summed E-state index contributed by atoms with van der Waals surface area (Å²) in [6, 6.07) is 0. The molecule has 0 radical (unpaired) electrons. The zero-order valence-corrected chi connectivity index (χ0v) is 53.3. The lowest BCUT2D eigenvalue weighted by Gasteiger charge is -2.18. The smallest absolute Gasteiger partial charge is 0.306 e. The van der Waals surface area contributed by atoms with Crippen LogP contribution in [0, 0.1) is 0 Å². The first kappa shape index (κ1) is 76.9. The van der Waals surface area contributed by atoms with Crippen LogP contribution >= 0.6 is 0 Å². The zero-order chi connectivity index (χ0) is 57.8. The fourth-order valence-electron chi connectivity index (χ4n) is 10.1. The van der Waals surface area contributed by atoms with Crippen molar-refractivity contribution in [1.29, 1.82) is 0 Å². The summed E-state index contributed by atoms with van der Waals surface area (Å²) in [5.41, 5.74) is 0. The van der Waals surface area contributed by atoms with E-state index in [1.54, 1.807) is 0 Å². The van der Waals surface area contributed by atoms with Gasteiger partial charge in [-0.3, -0.25) is 14.4 Å². The molecule has 0 amide bonds. The van der Waals surface area contributed by atoms with Gasteiger partial charge in [0.25, 0.3) is 0 Å². The molecule has 0 rings (SSSR count). The summed E-state index contributed by atoms with van der Waals surface area (Å²) < 4.78 is 17.0. The molecule has 6 heteroatoms. The average molecular weight is 1120 g/mol. The van der Waals surface area contributed by atoms with E-state index in [-0.39, 0.29) is 31.1 Å². The highest BCUT2D eigenvalue weighted by Crippen LogP contribution is 2.17. The maximum atomic E-state index is 13.0. The van der Waals surface area contributed by atoms with Crippen LogP contribution in [0.25, 0.3) is 0 Å². The number of unbranched alkanes of at least 4 members (excludes halogenated alkanes) is 41. The fraction of sp³-hybridized carbons (Fsp3) is 0.797. The van der Waals surface area contributed by atoms with Gasteiger partial charge in [0.15, 0.2) is 6.10 Å². The highest BCUT2D eigenvalue weighted by Gasteiger charge is 2.19. The van der Waals surface area contributed by atoms with Gasteiger partial charge in [-0.25, -0.2) is 0 Å². The Bertz CT molecular complexity index is 1470. The van der Waals surface area contributed by atoms with E-state index in [1.807, 2.05) is 0 Å². The van der Waals surface area contributed by atoms with E-state index >= 15 is 0 Å². The second-order valence-corrected chi connectivity index (χ2v) is 23.4. The van der Waals surface area contributed by atoms with Crippen molar-refractivity contribution in [2.24, 2.45) is 0 Å². The van der Waals surface area contributed by atoms with Crippen LogP contribution in [-0.2, 0) is 28.6 Å². The Kier molecular flexibility index (Phi) is 65.7. The van der Waals surface area contributed by atoms with Crippen molar-refractivity contribution < 1.29 is 28.6 Å². The second-order valence-electron chi connectivity index (χ2n) is 23.4. The third-order valence-electron chi connectivity index (χ3n) is 15.4. The van der Waals surface area contributed by atoms with E-state index < -0.39 is 6.10 Å². The van der Waals surface area contributed by atoms with E-state index in [0.717, 1.165) is 89.9 Å². The maximum Gasteiger partial charge on any atom is 0.306 e. The fourth-order valence-corrected chi connectivity index (χ4v) is 10.1. The molecule has 1 atom stereocenters. The van der Waals surface area contributed by atoms with Gasteiger partial charge in [0.2, 0.25) is 0 Å². The molecule has 0 aliphatic carbocycles. The Morgan fingerprint density at radius 2 is 0.450 bits per heavy atom. The van der Waals surface area contributed by atoms with E-state index in [0.29, 0.717) is 19.3 Å². The van der Waals surface area contributed by atoms with Crippen molar-refractivity contribution in [3.05, 3.63) is 72.9 Å². The minimum Gasteiger partial charge on any atom is -0.462 e. The van der Waals surface area contributed by atoms with E-state index in [2.05, 4.69) is 93.7 Å². The topological polar surface area (TPSA) is 78.9 Å². The summed E-state index contributed by atoms with van der Waals surface area (Å²) >= 11 is 0. The predicted molar refractivity (Wildman–Crippen MR) is 348 cm³/mol. The third-order valence-corrected chi connectivity index (χ3v) is 15.4. The Balaban J connectivity index is 4.35. The molecule has 0 aromatic rings. The van der Waals surface area contributed by atoms with E-state index in [1.165, 1.54) is 231 Å². The molecular formula is C74H132O6. The summed E-state index contributed by atoms with van der Waals surface area (Å²) in [6.45, 7) is 6.64. The van der Waals surface area contributed by atoms with Crippen molar-refractivity contribution >= 4 is 17.9 Å². The molecule has 0 fully saturated rings. The largest absolute Gasteiger partial charge is 0.462 e. The molecule has 0 N–H and O–H groups in total. The molecule has 0 saturated heterocycles. The summed E-state index contributed by atoms with van der Waals surface area (Å²) in [7, 11) is 0. The van der Waals surface area contributed by atoms with Gasteiger partial charge in [-0.05, 0) is 116 Å². The van der Waals surface area contributed by atoms with Gasteiger partial charge in [-0.2, -0.15) is 0 Å². The first-order valence-corrected chi connectivity index (χ1v) is 34.9. The van der Waals surface area contributed by atoms with Gasteiger partial charge >= 0.3 is 17.9 Å². The van der Waals surface area contributed by atoms with Crippen molar-refractivity contribution in [2.75, 3.05) is 13.2 Å². The lowest BCUT2D eigenvalue weighted by Crippen LogP contribution is -2.30. The first-order chi connectivity index (χ1) is 39.5. The SMILES string of the molecule is CCCCCC/C=C\C/C=C\CCCCCCCC(=O)OCC(COC(=O)CCCCCCCCCCCC/C=C\C/C=C\C/C=C\CCCCCCC)OC(=O)CCCCCCCCCCC/C=C\CCCCCCCCCC. The monoisotopic (exact) mass is 1120 g/mol. The second kappa shape index (κ2) is 68.3. The number of rotatable bonds is 64. The van der Waals surface area contributed by atoms with Gasteiger partial charge in [0, 0.05) is 19.3 Å². The van der Waals surface area contributed by atoms with Gasteiger partial charge in [-0.1, -0.05) is 299 Å². The first-order valence-electron chi connectivity index (χ1n) is 34.9. The van der Waals surface area contributed by atoms with Crippen molar-refractivity contribution in [2.45, 2.75) is 367 Å². The molecule has 0 spiro atoms. The summed E-state index contributed by atoms with van der Waals surface area (Å²) in [5.74, 6) is -0.882. The number of esters is 3. The minimum atomic E-state index is -0.786. The zero-order valence-electron chi connectivity index (χ0n) is 53.3. The molecule has 0 saturated carbocycles. The van der Waals surface area contributed by atoms with Gasteiger partial charge < -0.3 is 14.2 Å². The van der Waals surface area contributed by atoms with Crippen LogP contribution < -0.4 is 0 Å². The van der Waals surface area contributed by atoms with Crippen LogP contribution in [0.5, 0.6) is 0 Å². The lowest BCUT2D eigenvalue weighted by molar-refractivity contribution is -0.167. The Labute approximate surface area is 497 Å². The van der Waals surface area contributed by atoms with Crippen molar-refractivity contribution in [1.82, 2.24) is 0 Å². The Hall–Kier alpha value is -3.15. The average Bonchev–Trinajstić information content (AvgIpc) is 3.46. The van der Waals surface area contributed by atoms with Crippen LogP contribution in [0.15, 0.2) is 72.9 Å². The van der Waals surface area contributed by atoms with Crippen LogP contribution in [0.3, 0.4) is 0 Å². The molecule has 0 aliphatic heterocycles. The van der Waals surface area contributed by atoms with Crippen molar-refractivity contribution in [3.63, 3.8) is 0 Å². The van der Waals surface area contributed by atoms with E-state index in [9.17, 15) is 14.4 Å². The summed E-state index contributed by atoms with van der Waals surface area (Å²) in [4.78, 5) is 38.4. The van der Waals surface area contributed by atoms with Crippen LogP contribution in [0.1, 0.15) is 361 Å². The molecule has 1 unspecified atom stereocenters. The maximum absolute atomic E-state index is 13.0. The molecule has 80 heavy (non-hydrogen) atoms. The predicted octanol–water partition coefficient (Wildman–Crippen LogP) is 24.1. The molecule has 0 heterocycles. The minimum absolute atomic E-state index is 0.0810. The molecule has 6 nitrogen and oxygen atoms in total. The standard InChI is InChI=1S/C74H132O6/c1-4-7-10-13-16-19-22-25-28-31-33-35-36-37-38-40-41-43-46-49-52-55-58-61-64-67-73(76)79-70-71(69-78-72(75)66-63-60-57-54-51-48-45-30-27-24-21-18-15-12-9-6-3)80-74(77)68-65-62-59-56-53-50-47-44-42-39-34-32-29-26-23-20-17-14-11-8-5-2/h21-22,24-25,30-34,36-37,45,71H,4-20,23,26-29,35,38-44,46-70H2,1-3H3/b24-21-,25-22-,33-31-,34-32-,37-36-,45-30-. The molecule has 464 valence electrons. The van der Waals surface area contributed by atoms with Gasteiger partial charge in [-0.15, -0.1) is 0 Å². The number of carbonyl (C=O) groups excluding carboxylic acids is 3. The molecule has 0 aromatic carbocycles. The highest BCUT2D eigenvalue weighted by molar-refractivity contribution is 5.71. The van der Waals surface area contributed by atoms with Crippen LogP contribution in [0.2, 0.25) is 0 Å². The molecular weight excluding hydrogens is 985 g/mol. The number of ether oxygens (including phenoxy) is 3. The van der Waals surface area contributed by atoms with Gasteiger partial charge in [0.1, 0.15) is 13.2 Å². The summed E-state index contributed by atoms with van der Waals surface area (Å²) in [6.07, 6.45) is 89.1. The van der Waals surface area contributed by atoms with E-state index in [4.69, 9.17) is 14.2 Å². The molecule has 0 aromatic heterocycles. The van der Waals surface area contributed by atoms with Crippen LogP contribution in [-0.4, -0.2) is 37.2 Å². The molecule has 0 bridgehead atoms.